The average molecular weight is 522 g/mol. The quantitative estimate of drug-likeness (QED) is 0.225. The van der Waals surface area contributed by atoms with Gasteiger partial charge in [-0.15, -0.1) is 0 Å². The zero-order chi connectivity index (χ0) is 27.6. The maximum Gasteiger partial charge on any atom is 0.455 e. The highest BCUT2D eigenvalue weighted by Gasteiger charge is 2.56. The summed E-state index contributed by atoms with van der Waals surface area (Å²) in [5.74, 6) is -0.551. The molecule has 2 amide bonds. The van der Waals surface area contributed by atoms with Crippen LogP contribution in [0.1, 0.15) is 88.8 Å². The molecule has 4 rings (SSSR count). The standard InChI is InChI=1S/C31H44BNO5/c1-6-9-21(16-22-14-19(4)29(34)20(5)15-22)11-12-26-27-23(10-7-2)17-24-28(25(27)18-32(37)38-26)31(36)33(13-8-3)30(24)35/h14-16,24-26,28,34,37H,6-13,17-18H2,1-5H3/b21-16+/t24-,25+,26-,28-/m1/s1. The Kier molecular flexibility index (Phi) is 9.20. The molecule has 2 heterocycles. The number of rotatable bonds is 10. The highest BCUT2D eigenvalue weighted by molar-refractivity contribution is 6.43. The normalized spacial score (nSPS) is 25.8. The lowest BCUT2D eigenvalue weighted by Gasteiger charge is -2.43. The topological polar surface area (TPSA) is 87.1 Å². The van der Waals surface area contributed by atoms with Gasteiger partial charge in [0.1, 0.15) is 5.75 Å². The summed E-state index contributed by atoms with van der Waals surface area (Å²) < 4.78 is 6.18. The molecule has 1 aromatic rings. The summed E-state index contributed by atoms with van der Waals surface area (Å²) >= 11 is 0. The third kappa shape index (κ3) is 5.64. The zero-order valence-corrected chi connectivity index (χ0v) is 23.8. The highest BCUT2D eigenvalue weighted by Crippen LogP contribution is 2.51. The van der Waals surface area contributed by atoms with Crippen LogP contribution < -0.4 is 0 Å². The number of hydrogen-bond acceptors (Lipinski definition) is 5. The summed E-state index contributed by atoms with van der Waals surface area (Å²) in [5.41, 5.74) is 6.58. The first-order valence-electron chi connectivity index (χ1n) is 14.6. The molecule has 1 aliphatic carbocycles. The number of allylic oxidation sites excluding steroid dienone is 2. The molecule has 7 heteroatoms. The molecule has 3 aliphatic rings. The van der Waals surface area contributed by atoms with Crippen LogP contribution in [0.5, 0.6) is 5.75 Å². The van der Waals surface area contributed by atoms with Crippen LogP contribution in [0, 0.1) is 31.6 Å². The van der Waals surface area contributed by atoms with Crippen LogP contribution in [0.15, 0.2) is 28.9 Å². The van der Waals surface area contributed by atoms with Crippen LogP contribution in [0.2, 0.25) is 6.32 Å². The molecule has 2 saturated heterocycles. The van der Waals surface area contributed by atoms with Crippen LogP contribution >= 0.6 is 0 Å². The zero-order valence-electron chi connectivity index (χ0n) is 23.8. The van der Waals surface area contributed by atoms with Crippen molar-refractivity contribution in [2.45, 2.75) is 98.4 Å². The van der Waals surface area contributed by atoms with E-state index in [9.17, 15) is 19.7 Å². The molecular formula is C31H44BNO5. The molecule has 4 atom stereocenters. The van der Waals surface area contributed by atoms with Gasteiger partial charge >= 0.3 is 7.12 Å². The van der Waals surface area contributed by atoms with Gasteiger partial charge in [-0.3, -0.25) is 14.5 Å². The first kappa shape index (κ1) is 28.6. The molecule has 206 valence electrons. The number of fused-ring (bicyclic) bond motifs is 3. The second kappa shape index (κ2) is 12.2. The predicted molar refractivity (Wildman–Crippen MR) is 151 cm³/mol. The number of nitrogens with zero attached hydrogens (tertiary/aromatic N) is 1. The predicted octanol–water partition coefficient (Wildman–Crippen LogP) is 5.98. The first-order chi connectivity index (χ1) is 18.2. The molecule has 2 aliphatic heterocycles. The van der Waals surface area contributed by atoms with Gasteiger partial charge in [-0.2, -0.15) is 0 Å². The van der Waals surface area contributed by atoms with Crippen molar-refractivity contribution >= 4 is 25.0 Å². The Hall–Kier alpha value is -2.38. The number of phenolic OH excluding ortho intramolecular Hbond substituents is 1. The Morgan fingerprint density at radius 2 is 1.76 bits per heavy atom. The molecule has 38 heavy (non-hydrogen) atoms. The van der Waals surface area contributed by atoms with Crippen LogP contribution in [0.25, 0.3) is 6.08 Å². The Labute approximate surface area is 228 Å². The molecule has 0 radical (unpaired) electrons. The van der Waals surface area contributed by atoms with Gasteiger partial charge in [0.05, 0.1) is 17.9 Å². The fourth-order valence-electron chi connectivity index (χ4n) is 7.03. The lowest BCUT2D eigenvalue weighted by molar-refractivity contribution is -0.140. The molecule has 2 fully saturated rings. The Bertz CT molecular complexity index is 1100. The van der Waals surface area contributed by atoms with Crippen molar-refractivity contribution in [1.82, 2.24) is 4.90 Å². The van der Waals surface area contributed by atoms with E-state index in [2.05, 4.69) is 19.9 Å². The van der Waals surface area contributed by atoms with Gasteiger partial charge in [0.25, 0.3) is 0 Å². The summed E-state index contributed by atoms with van der Waals surface area (Å²) in [6.45, 7) is 10.6. The average Bonchev–Trinajstić information content (AvgIpc) is 3.10. The van der Waals surface area contributed by atoms with Gasteiger partial charge in [0.2, 0.25) is 11.8 Å². The lowest BCUT2D eigenvalue weighted by Crippen LogP contribution is -2.46. The minimum absolute atomic E-state index is 0.0281. The molecule has 2 N–H and O–H groups in total. The van der Waals surface area contributed by atoms with E-state index in [1.54, 1.807) is 0 Å². The van der Waals surface area contributed by atoms with E-state index in [-0.39, 0.29) is 35.7 Å². The van der Waals surface area contributed by atoms with Crippen molar-refractivity contribution in [3.8, 4) is 5.75 Å². The second-order valence-corrected chi connectivity index (χ2v) is 11.5. The summed E-state index contributed by atoms with van der Waals surface area (Å²) in [7, 11) is -0.931. The van der Waals surface area contributed by atoms with Gasteiger partial charge in [0.15, 0.2) is 0 Å². The minimum atomic E-state index is -0.931. The van der Waals surface area contributed by atoms with Crippen LogP contribution in [-0.4, -0.2) is 46.6 Å². The van der Waals surface area contributed by atoms with Crippen molar-refractivity contribution in [2.24, 2.45) is 17.8 Å². The second-order valence-electron chi connectivity index (χ2n) is 11.5. The Balaban J connectivity index is 1.62. The largest absolute Gasteiger partial charge is 0.507 e. The maximum absolute atomic E-state index is 13.4. The van der Waals surface area contributed by atoms with Crippen molar-refractivity contribution < 1.29 is 24.4 Å². The molecule has 0 spiro atoms. The van der Waals surface area contributed by atoms with Crippen LogP contribution in [0.3, 0.4) is 0 Å². The third-order valence-corrected chi connectivity index (χ3v) is 8.58. The number of phenols is 1. The fraction of sp³-hybridized carbons (Fsp3) is 0.613. The number of hydrogen-bond donors (Lipinski definition) is 2. The van der Waals surface area contributed by atoms with E-state index >= 15 is 0 Å². The molecule has 0 bridgehead atoms. The number of imide groups is 1. The fourth-order valence-corrected chi connectivity index (χ4v) is 7.03. The molecule has 1 aromatic carbocycles. The number of aromatic hydroxyl groups is 1. The van der Waals surface area contributed by atoms with E-state index in [1.165, 1.54) is 21.6 Å². The van der Waals surface area contributed by atoms with Crippen molar-refractivity contribution in [3.05, 3.63) is 45.5 Å². The van der Waals surface area contributed by atoms with Crippen molar-refractivity contribution in [2.75, 3.05) is 6.54 Å². The SMILES string of the molecule is CCCC1=C2[C@@H](CC/C(=C/c3cc(C)c(O)c(C)c3)CCC)OB(O)C[C@@H]2[C@@H]2C(=O)N(CCC)C(=O)[C@@H]2C1. The van der Waals surface area contributed by atoms with E-state index in [1.807, 2.05) is 32.9 Å². The van der Waals surface area contributed by atoms with E-state index < -0.39 is 7.12 Å². The van der Waals surface area contributed by atoms with Crippen LogP contribution in [0.4, 0.5) is 0 Å². The van der Waals surface area contributed by atoms with Crippen LogP contribution in [-0.2, 0) is 14.2 Å². The minimum Gasteiger partial charge on any atom is -0.507 e. The number of aryl methyl sites for hydroxylation is 2. The van der Waals surface area contributed by atoms with Gasteiger partial charge in [0, 0.05) is 6.54 Å². The van der Waals surface area contributed by atoms with Crippen molar-refractivity contribution in [3.63, 3.8) is 0 Å². The number of carbonyl (C=O) groups is 2. The summed E-state index contributed by atoms with van der Waals surface area (Å²) in [4.78, 5) is 28.1. The Morgan fingerprint density at radius 1 is 1.05 bits per heavy atom. The van der Waals surface area contributed by atoms with E-state index in [4.69, 9.17) is 4.65 Å². The number of likely N-dealkylation sites (tertiary alicyclic amines) is 1. The summed E-state index contributed by atoms with van der Waals surface area (Å²) in [5, 5.41) is 21.0. The smallest absolute Gasteiger partial charge is 0.455 e. The number of amides is 2. The van der Waals surface area contributed by atoms with Gasteiger partial charge in [-0.1, -0.05) is 50.8 Å². The molecule has 0 saturated carbocycles. The van der Waals surface area contributed by atoms with Gasteiger partial charge in [-0.05, 0) is 99.0 Å². The maximum atomic E-state index is 13.4. The molecule has 0 aromatic heterocycles. The molecule has 6 nitrogen and oxygen atoms in total. The number of carbonyl (C=O) groups excluding carboxylic acids is 2. The van der Waals surface area contributed by atoms with E-state index in [0.29, 0.717) is 25.0 Å². The lowest BCUT2D eigenvalue weighted by atomic mass is 9.58. The summed E-state index contributed by atoms with van der Waals surface area (Å²) in [6.07, 6.45) is 9.14. The third-order valence-electron chi connectivity index (χ3n) is 8.58. The van der Waals surface area contributed by atoms with E-state index in [0.717, 1.165) is 61.6 Å². The molecular weight excluding hydrogens is 477 g/mol. The Morgan fingerprint density at radius 3 is 2.39 bits per heavy atom. The summed E-state index contributed by atoms with van der Waals surface area (Å²) in [6, 6.07) is 4.03. The number of benzene rings is 1. The van der Waals surface area contributed by atoms with Crippen molar-refractivity contribution in [1.29, 1.82) is 0 Å². The first-order valence-corrected chi connectivity index (χ1v) is 14.6. The van der Waals surface area contributed by atoms with Gasteiger partial charge < -0.3 is 14.8 Å². The van der Waals surface area contributed by atoms with Gasteiger partial charge in [-0.25, -0.2) is 0 Å². The molecule has 0 unspecified atom stereocenters. The highest BCUT2D eigenvalue weighted by atomic mass is 16.5. The monoisotopic (exact) mass is 521 g/mol.